The molecule has 2 N–H and O–H groups in total. The molecule has 1 saturated heterocycles. The van der Waals surface area contributed by atoms with E-state index in [0.717, 1.165) is 25.7 Å². The Morgan fingerprint density at radius 2 is 1.72 bits per heavy atom. The molecule has 0 atom stereocenters. The van der Waals surface area contributed by atoms with Crippen LogP contribution >= 0.6 is 0 Å². The lowest BCUT2D eigenvalue weighted by Crippen LogP contribution is -2.33. The van der Waals surface area contributed by atoms with Crippen molar-refractivity contribution in [2.24, 2.45) is 5.73 Å². The van der Waals surface area contributed by atoms with E-state index in [2.05, 4.69) is 0 Å². The van der Waals surface area contributed by atoms with E-state index in [0.29, 0.717) is 18.8 Å². The quantitative estimate of drug-likeness (QED) is 0.908. The van der Waals surface area contributed by atoms with Gasteiger partial charge >= 0.3 is 0 Å². The third-order valence-corrected chi connectivity index (χ3v) is 5.02. The van der Waals surface area contributed by atoms with Gasteiger partial charge in [0.1, 0.15) is 5.76 Å². The Hall–Kier alpha value is -0.850. The van der Waals surface area contributed by atoms with Crippen molar-refractivity contribution in [1.82, 2.24) is 4.31 Å². The van der Waals surface area contributed by atoms with Crippen LogP contribution in [0.2, 0.25) is 0 Å². The van der Waals surface area contributed by atoms with Gasteiger partial charge in [0, 0.05) is 13.1 Å². The molecule has 0 aliphatic carbocycles. The summed E-state index contributed by atoms with van der Waals surface area (Å²) in [4.78, 5) is 0. The van der Waals surface area contributed by atoms with Crippen molar-refractivity contribution < 1.29 is 12.8 Å². The van der Waals surface area contributed by atoms with E-state index in [1.165, 1.54) is 16.8 Å². The maximum atomic E-state index is 12.4. The van der Waals surface area contributed by atoms with Gasteiger partial charge in [0.15, 0.2) is 0 Å². The van der Waals surface area contributed by atoms with Crippen LogP contribution in [-0.4, -0.2) is 25.8 Å². The highest BCUT2D eigenvalue weighted by Gasteiger charge is 2.27. The highest BCUT2D eigenvalue weighted by Crippen LogP contribution is 2.21. The zero-order chi connectivity index (χ0) is 13.0. The third kappa shape index (κ3) is 2.93. The van der Waals surface area contributed by atoms with Crippen molar-refractivity contribution in [3.05, 3.63) is 17.9 Å². The zero-order valence-electron chi connectivity index (χ0n) is 10.5. The summed E-state index contributed by atoms with van der Waals surface area (Å²) in [5.41, 5.74) is 5.43. The van der Waals surface area contributed by atoms with E-state index >= 15 is 0 Å². The minimum absolute atomic E-state index is 0.0172. The predicted molar refractivity (Wildman–Crippen MR) is 68.4 cm³/mol. The van der Waals surface area contributed by atoms with Crippen molar-refractivity contribution in [3.63, 3.8) is 0 Å². The SMILES string of the molecule is NCc1ccc(S(=O)(=O)N2CCCCCCC2)o1. The van der Waals surface area contributed by atoms with Gasteiger partial charge in [-0.2, -0.15) is 4.31 Å². The molecule has 5 nitrogen and oxygen atoms in total. The number of nitrogens with zero attached hydrogens (tertiary/aromatic N) is 1. The molecule has 1 aliphatic heterocycles. The minimum atomic E-state index is -3.48. The van der Waals surface area contributed by atoms with E-state index in [9.17, 15) is 8.42 Å². The summed E-state index contributed by atoms with van der Waals surface area (Å²) in [6.45, 7) is 1.39. The smallest absolute Gasteiger partial charge is 0.276 e. The monoisotopic (exact) mass is 272 g/mol. The summed E-state index contributed by atoms with van der Waals surface area (Å²) in [5.74, 6) is 0.501. The van der Waals surface area contributed by atoms with E-state index in [1.54, 1.807) is 6.07 Å². The van der Waals surface area contributed by atoms with Crippen molar-refractivity contribution >= 4 is 10.0 Å². The summed E-state index contributed by atoms with van der Waals surface area (Å²) in [6.07, 6.45) is 5.23. The molecule has 0 amide bonds. The van der Waals surface area contributed by atoms with E-state index < -0.39 is 10.0 Å². The van der Waals surface area contributed by atoms with Gasteiger partial charge in [-0.05, 0) is 25.0 Å². The summed E-state index contributed by atoms with van der Waals surface area (Å²) < 4.78 is 31.5. The van der Waals surface area contributed by atoms with E-state index in [4.69, 9.17) is 10.2 Å². The van der Waals surface area contributed by atoms with Crippen molar-refractivity contribution in [2.45, 2.75) is 43.7 Å². The molecule has 1 aromatic heterocycles. The third-order valence-electron chi connectivity index (χ3n) is 3.25. The molecule has 0 radical (unpaired) electrons. The number of rotatable bonds is 3. The van der Waals surface area contributed by atoms with Crippen LogP contribution in [0.4, 0.5) is 0 Å². The van der Waals surface area contributed by atoms with Crippen LogP contribution in [0.1, 0.15) is 37.9 Å². The number of hydrogen-bond donors (Lipinski definition) is 1. The van der Waals surface area contributed by atoms with Gasteiger partial charge in [-0.1, -0.05) is 19.3 Å². The molecule has 2 rings (SSSR count). The zero-order valence-corrected chi connectivity index (χ0v) is 11.3. The molecule has 6 heteroatoms. The summed E-state index contributed by atoms with van der Waals surface area (Å²) in [6, 6.07) is 3.12. The molecule has 102 valence electrons. The van der Waals surface area contributed by atoms with Gasteiger partial charge in [-0.25, -0.2) is 8.42 Å². The number of furan rings is 1. The van der Waals surface area contributed by atoms with Gasteiger partial charge in [0.2, 0.25) is 5.09 Å². The van der Waals surface area contributed by atoms with Crippen LogP contribution in [0.25, 0.3) is 0 Å². The maximum absolute atomic E-state index is 12.4. The largest absolute Gasteiger partial charge is 0.447 e. The van der Waals surface area contributed by atoms with Crippen LogP contribution in [0.3, 0.4) is 0 Å². The maximum Gasteiger partial charge on any atom is 0.276 e. The highest BCUT2D eigenvalue weighted by atomic mass is 32.2. The Balaban J connectivity index is 2.17. The number of sulfonamides is 1. The average molecular weight is 272 g/mol. The Morgan fingerprint density at radius 1 is 1.11 bits per heavy atom. The molecule has 1 aliphatic rings. The standard InChI is InChI=1S/C12H20N2O3S/c13-10-11-6-7-12(17-11)18(15,16)14-8-4-2-1-3-5-9-14/h6-7H,1-5,8-10,13H2. The molecule has 1 aromatic rings. The molecule has 1 fully saturated rings. The van der Waals surface area contributed by atoms with Gasteiger partial charge in [0.05, 0.1) is 6.54 Å². The molecular weight excluding hydrogens is 252 g/mol. The average Bonchev–Trinajstić information content (AvgIpc) is 2.76. The second-order valence-electron chi connectivity index (χ2n) is 4.60. The molecule has 0 aromatic carbocycles. The summed E-state index contributed by atoms with van der Waals surface area (Å²) >= 11 is 0. The molecule has 0 bridgehead atoms. The molecule has 0 unspecified atom stereocenters. The van der Waals surface area contributed by atoms with Crippen molar-refractivity contribution in [2.75, 3.05) is 13.1 Å². The summed E-state index contributed by atoms with van der Waals surface area (Å²) in [5, 5.41) is 0.0172. The lowest BCUT2D eigenvalue weighted by atomic mass is 10.1. The van der Waals surface area contributed by atoms with Crippen LogP contribution in [0.15, 0.2) is 21.6 Å². The fourth-order valence-electron chi connectivity index (χ4n) is 2.19. The Kier molecular flexibility index (Phi) is 4.42. The predicted octanol–water partition coefficient (Wildman–Crippen LogP) is 1.69. The molecular formula is C12H20N2O3S. The van der Waals surface area contributed by atoms with Gasteiger partial charge < -0.3 is 10.2 Å². The van der Waals surface area contributed by atoms with Crippen molar-refractivity contribution in [1.29, 1.82) is 0 Å². The molecule has 0 spiro atoms. The highest BCUT2D eigenvalue weighted by molar-refractivity contribution is 7.89. The normalized spacial score (nSPS) is 19.4. The first-order chi connectivity index (χ1) is 8.64. The minimum Gasteiger partial charge on any atom is -0.447 e. The Labute approximate surface area is 108 Å². The molecule has 0 saturated carbocycles. The van der Waals surface area contributed by atoms with Gasteiger partial charge in [-0.15, -0.1) is 0 Å². The first-order valence-corrected chi connectivity index (χ1v) is 7.87. The summed E-state index contributed by atoms with van der Waals surface area (Å²) in [7, 11) is -3.48. The Morgan fingerprint density at radius 3 is 2.28 bits per heavy atom. The van der Waals surface area contributed by atoms with Crippen LogP contribution < -0.4 is 5.73 Å². The second kappa shape index (κ2) is 5.86. The molecule has 18 heavy (non-hydrogen) atoms. The lowest BCUT2D eigenvalue weighted by Gasteiger charge is -2.22. The van der Waals surface area contributed by atoms with E-state index in [-0.39, 0.29) is 11.6 Å². The number of nitrogens with two attached hydrogens (primary N) is 1. The van der Waals surface area contributed by atoms with Crippen LogP contribution in [-0.2, 0) is 16.6 Å². The van der Waals surface area contributed by atoms with Crippen LogP contribution in [0, 0.1) is 0 Å². The van der Waals surface area contributed by atoms with Gasteiger partial charge in [-0.3, -0.25) is 0 Å². The Bertz CT molecular complexity index is 473. The van der Waals surface area contributed by atoms with Gasteiger partial charge in [0.25, 0.3) is 10.0 Å². The van der Waals surface area contributed by atoms with E-state index in [1.807, 2.05) is 0 Å². The fraction of sp³-hybridized carbons (Fsp3) is 0.667. The van der Waals surface area contributed by atoms with Crippen LogP contribution in [0.5, 0.6) is 0 Å². The molecule has 2 heterocycles. The fourth-order valence-corrected chi connectivity index (χ4v) is 3.64. The van der Waals surface area contributed by atoms with Crippen molar-refractivity contribution in [3.8, 4) is 0 Å². The first-order valence-electron chi connectivity index (χ1n) is 6.43. The lowest BCUT2D eigenvalue weighted by molar-refractivity contribution is 0.342. The second-order valence-corrected chi connectivity index (χ2v) is 6.47. The first kappa shape index (κ1) is 13.6. The topological polar surface area (TPSA) is 76.5 Å². The number of hydrogen-bond acceptors (Lipinski definition) is 4.